The Balaban J connectivity index is 0.00000320. The molecule has 0 saturated heterocycles. The molecule has 0 atom stereocenters. The van der Waals surface area contributed by atoms with Crippen molar-refractivity contribution in [2.45, 2.75) is 9.79 Å². The van der Waals surface area contributed by atoms with Gasteiger partial charge in [-0.15, -0.1) is 4.98 Å². The first-order valence-electron chi connectivity index (χ1n) is 7.42. The molecule has 3 aromatic rings. The number of phenols is 1. The van der Waals surface area contributed by atoms with Crippen molar-refractivity contribution in [3.05, 3.63) is 34.7 Å². The molecule has 0 amide bonds. The number of benzene rings is 2. The van der Waals surface area contributed by atoms with Gasteiger partial charge in [0, 0.05) is 16.3 Å². The number of phenolic OH excluding ortho intramolecular Hbond substituents is 1. The SMILES string of the molecule is COc1nc(Nc2cc(SOO[O-])cc3cc(S(=O)(=O)O)cc(O)c23)[nH]c(=O)n1.[Na+]. The Kier molecular flexibility index (Phi) is 8.03. The van der Waals surface area contributed by atoms with Gasteiger partial charge in [0.15, 0.2) is 0 Å². The summed E-state index contributed by atoms with van der Waals surface area (Å²) in [4.78, 5) is 21.0. The van der Waals surface area contributed by atoms with Gasteiger partial charge in [-0.2, -0.15) is 17.7 Å². The number of ether oxygens (including phenoxy) is 1. The smallest absolute Gasteiger partial charge is 0.691 e. The van der Waals surface area contributed by atoms with Crippen LogP contribution in [0.5, 0.6) is 11.8 Å². The minimum Gasteiger partial charge on any atom is -0.691 e. The van der Waals surface area contributed by atoms with E-state index in [1.54, 1.807) is 0 Å². The molecule has 0 radical (unpaired) electrons. The maximum atomic E-state index is 11.6. The number of rotatable bonds is 7. The Morgan fingerprint density at radius 2 is 1.97 bits per heavy atom. The van der Waals surface area contributed by atoms with Crippen LogP contribution >= 0.6 is 12.0 Å². The third-order valence-corrected chi connectivity index (χ3v) is 4.88. The number of H-pyrrole nitrogens is 1. The van der Waals surface area contributed by atoms with Gasteiger partial charge < -0.3 is 20.4 Å². The molecule has 30 heavy (non-hydrogen) atoms. The van der Waals surface area contributed by atoms with Crippen LogP contribution in [-0.4, -0.2) is 40.1 Å². The van der Waals surface area contributed by atoms with Crippen LogP contribution in [0.1, 0.15) is 0 Å². The van der Waals surface area contributed by atoms with Crippen molar-refractivity contribution in [1.29, 1.82) is 0 Å². The van der Waals surface area contributed by atoms with Crippen LogP contribution in [0.15, 0.2) is 38.9 Å². The number of nitrogens with zero attached hydrogens (tertiary/aromatic N) is 2. The number of anilines is 2. The molecule has 0 aliphatic heterocycles. The van der Waals surface area contributed by atoms with Gasteiger partial charge in [0.1, 0.15) is 5.75 Å². The van der Waals surface area contributed by atoms with Crippen LogP contribution in [0.25, 0.3) is 10.8 Å². The number of hydrogen-bond donors (Lipinski definition) is 4. The van der Waals surface area contributed by atoms with Crippen LogP contribution in [0.2, 0.25) is 0 Å². The molecular weight excluding hydrogens is 455 g/mol. The van der Waals surface area contributed by atoms with E-state index in [-0.39, 0.29) is 62.9 Å². The van der Waals surface area contributed by atoms with Crippen LogP contribution in [0.3, 0.4) is 0 Å². The van der Waals surface area contributed by atoms with Gasteiger partial charge in [0.05, 0.1) is 29.7 Å². The van der Waals surface area contributed by atoms with Crippen molar-refractivity contribution in [3.8, 4) is 11.8 Å². The van der Waals surface area contributed by atoms with Crippen molar-refractivity contribution >= 4 is 44.6 Å². The van der Waals surface area contributed by atoms with Gasteiger partial charge in [-0.3, -0.25) is 14.6 Å². The van der Waals surface area contributed by atoms with Crippen molar-refractivity contribution in [3.63, 3.8) is 0 Å². The summed E-state index contributed by atoms with van der Waals surface area (Å²) in [5.74, 6) is -0.608. The zero-order chi connectivity index (χ0) is 21.2. The van der Waals surface area contributed by atoms with E-state index < -0.39 is 26.5 Å². The largest absolute Gasteiger partial charge is 1.00 e. The molecule has 16 heteroatoms. The number of hydrogen-bond acceptors (Lipinski definition) is 12. The second-order valence-corrected chi connectivity index (χ2v) is 7.52. The average Bonchev–Trinajstić information content (AvgIpc) is 2.64. The maximum Gasteiger partial charge on any atom is 1.00 e. The molecule has 4 N–H and O–H groups in total. The van der Waals surface area contributed by atoms with Crippen molar-refractivity contribution < 1.29 is 67.0 Å². The third-order valence-electron chi connectivity index (χ3n) is 3.50. The number of aromatic amines is 1. The predicted molar refractivity (Wildman–Crippen MR) is 95.9 cm³/mol. The van der Waals surface area contributed by atoms with E-state index in [4.69, 9.17) is 4.74 Å². The minimum atomic E-state index is -4.61. The first kappa shape index (κ1) is 24.3. The van der Waals surface area contributed by atoms with Crippen LogP contribution in [-0.2, 0) is 19.5 Å². The van der Waals surface area contributed by atoms with Crippen molar-refractivity contribution in [2.75, 3.05) is 12.4 Å². The molecule has 2 aromatic carbocycles. The molecule has 0 fully saturated rings. The summed E-state index contributed by atoms with van der Waals surface area (Å²) in [6.07, 6.45) is 0. The number of aromatic nitrogens is 3. The molecule has 0 spiro atoms. The van der Waals surface area contributed by atoms with Crippen molar-refractivity contribution in [2.24, 2.45) is 0 Å². The summed E-state index contributed by atoms with van der Waals surface area (Å²) in [5, 5.41) is 26.7. The quantitative estimate of drug-likeness (QED) is 0.0921. The first-order chi connectivity index (χ1) is 13.7. The molecule has 0 aliphatic carbocycles. The molecule has 0 saturated carbocycles. The molecule has 0 unspecified atom stereocenters. The predicted octanol–water partition coefficient (Wildman–Crippen LogP) is -2.74. The van der Waals surface area contributed by atoms with Crippen LogP contribution < -0.4 is 50.6 Å². The van der Waals surface area contributed by atoms with E-state index in [1.807, 2.05) is 0 Å². The molecular formula is C14H11N4NaO9S2. The summed E-state index contributed by atoms with van der Waals surface area (Å²) in [6, 6.07) is 4.46. The van der Waals surface area contributed by atoms with Gasteiger partial charge in [0.2, 0.25) is 5.95 Å². The van der Waals surface area contributed by atoms with E-state index >= 15 is 0 Å². The summed E-state index contributed by atoms with van der Waals surface area (Å²) < 4.78 is 41.2. The maximum absolute atomic E-state index is 11.6. The summed E-state index contributed by atoms with van der Waals surface area (Å²) >= 11 is 0.492. The van der Waals surface area contributed by atoms with Crippen LogP contribution in [0.4, 0.5) is 11.6 Å². The fourth-order valence-electron chi connectivity index (χ4n) is 2.43. The van der Waals surface area contributed by atoms with Gasteiger partial charge >= 0.3 is 41.3 Å². The second kappa shape index (κ2) is 9.90. The van der Waals surface area contributed by atoms with Crippen LogP contribution in [0, 0.1) is 0 Å². The molecule has 13 nitrogen and oxygen atoms in total. The first-order valence-corrected chi connectivity index (χ1v) is 9.60. The van der Waals surface area contributed by atoms with E-state index in [9.17, 15) is 28.1 Å². The van der Waals surface area contributed by atoms with Gasteiger partial charge in [-0.05, 0) is 23.6 Å². The Morgan fingerprint density at radius 3 is 2.60 bits per heavy atom. The number of methoxy groups -OCH3 is 1. The zero-order valence-electron chi connectivity index (χ0n) is 15.3. The van der Waals surface area contributed by atoms with Gasteiger partial charge in [-0.1, -0.05) is 0 Å². The Bertz CT molecular complexity index is 1240. The molecule has 1 aromatic heterocycles. The van der Waals surface area contributed by atoms with E-state index in [0.717, 1.165) is 12.1 Å². The van der Waals surface area contributed by atoms with E-state index in [1.165, 1.54) is 19.2 Å². The molecule has 0 aliphatic rings. The van der Waals surface area contributed by atoms with Gasteiger partial charge in [0.25, 0.3) is 10.1 Å². The molecule has 1 heterocycles. The molecule has 154 valence electrons. The molecule has 0 bridgehead atoms. The fourth-order valence-corrected chi connectivity index (χ4v) is 3.41. The topological polar surface area (TPSA) is 196 Å². The third kappa shape index (κ3) is 5.60. The fraction of sp³-hybridized carbons (Fsp3) is 0.0714. The second-order valence-electron chi connectivity index (χ2n) is 5.32. The van der Waals surface area contributed by atoms with E-state index in [0.29, 0.717) is 12.0 Å². The normalized spacial score (nSPS) is 11.2. The average molecular weight is 466 g/mol. The zero-order valence-corrected chi connectivity index (χ0v) is 18.9. The van der Waals surface area contributed by atoms with E-state index in [2.05, 4.69) is 29.6 Å². The monoisotopic (exact) mass is 466 g/mol. The Labute approximate surface area is 194 Å². The summed E-state index contributed by atoms with van der Waals surface area (Å²) in [5.41, 5.74) is -0.634. The number of nitrogens with one attached hydrogen (secondary N) is 2. The summed E-state index contributed by atoms with van der Waals surface area (Å²) in [7, 11) is -3.35. The van der Waals surface area contributed by atoms with Gasteiger partial charge in [-0.25, -0.2) is 4.79 Å². The standard InChI is InChI=1S/C14H12N4O9S2.Na/c1-25-14-17-12(16-13(20)18-14)15-9-4-7(28-27-26-21)2-6-3-8(29(22,23)24)5-10(19)11(6)9;/h2-5,19,21H,1H3,(H,22,23,24)(H2,15,16,17,18,20);/q;+1/p-1. The minimum absolute atomic E-state index is 0. The number of aromatic hydroxyl groups is 1. The Hall–Kier alpha value is -1.95. The Morgan fingerprint density at radius 1 is 1.23 bits per heavy atom. The molecule has 3 rings (SSSR count). The van der Waals surface area contributed by atoms with Crippen molar-refractivity contribution in [1.82, 2.24) is 15.0 Å². The summed E-state index contributed by atoms with van der Waals surface area (Å²) in [6.45, 7) is 0. The number of fused-ring (bicyclic) bond motifs is 1.